The summed E-state index contributed by atoms with van der Waals surface area (Å²) >= 11 is 2.07. The Hall–Kier alpha value is 3.40. The number of rotatable bonds is 0. The van der Waals surface area contributed by atoms with E-state index in [0.717, 1.165) is 23.5 Å². The van der Waals surface area contributed by atoms with E-state index in [2.05, 4.69) is 9.98 Å². The fraction of sp³-hybridized carbons (Fsp3) is 0.500. The monoisotopic (exact) mass is 622 g/mol. The first-order chi connectivity index (χ1) is 6.58. The van der Waals surface area contributed by atoms with E-state index in [1.165, 1.54) is 0 Å². The quantitative estimate of drug-likeness (QED) is 0.431. The Labute approximate surface area is 228 Å². The molecule has 0 unspecified atom stereocenters. The fourth-order valence-electron chi connectivity index (χ4n) is 0.594. The maximum absolute atomic E-state index is 10.1. The van der Waals surface area contributed by atoms with Crippen molar-refractivity contribution in [1.29, 1.82) is 0 Å². The normalized spacial score (nSPS) is 14.0. The van der Waals surface area contributed by atoms with Gasteiger partial charge in [0.25, 0.3) is 11.1 Å². The zero-order valence-corrected chi connectivity index (χ0v) is 22.1. The number of carbonyl (C=O) groups excluding carboxylic acids is 2. The average Bonchev–Trinajstić information content (AvgIpc) is 2.63. The predicted octanol–water partition coefficient (Wildman–Crippen LogP) is 2.25. The molecule has 2 heterocycles. The van der Waals surface area contributed by atoms with Gasteiger partial charge in [-0.15, -0.1) is 0 Å². The number of amides is 2. The van der Waals surface area contributed by atoms with Crippen molar-refractivity contribution in [2.75, 3.05) is 11.5 Å². The van der Waals surface area contributed by atoms with Gasteiger partial charge in [-0.05, 0) is 0 Å². The van der Waals surface area contributed by atoms with Crippen molar-refractivity contribution in [3.05, 3.63) is 0 Å². The van der Waals surface area contributed by atoms with Crippen molar-refractivity contribution in [2.24, 2.45) is 9.98 Å². The molecule has 2 rings (SSSR count). The largest absolute Gasteiger partial charge is 0.496 e. The molecule has 0 saturated carbocycles. The number of aliphatic hydroxyl groups excluding tert-OH is 2. The minimum Gasteiger partial charge on any atom is -0.496 e. The number of aliphatic imine (C=N–C) groups is 2. The molecule has 4 radical (unpaired) electrons. The van der Waals surface area contributed by atoms with E-state index >= 15 is 0 Å². The van der Waals surface area contributed by atoms with Crippen molar-refractivity contribution >= 4 is 45.8 Å². The molecule has 0 aromatic rings. The molecule has 2 N–H and O–H groups in total. The third-order valence-corrected chi connectivity index (χ3v) is 2.57. The van der Waals surface area contributed by atoms with Crippen molar-refractivity contribution in [2.45, 2.75) is 14.9 Å². The molecule has 0 fully saturated rings. The summed E-state index contributed by atoms with van der Waals surface area (Å²) in [4.78, 5) is 26.5. The Kier molecular flexibility index (Phi) is 43.4. The van der Waals surface area contributed by atoms with Gasteiger partial charge in [0, 0.05) is 131 Å². The van der Waals surface area contributed by atoms with Crippen LogP contribution < -0.4 is 0 Å². The van der Waals surface area contributed by atoms with Crippen LogP contribution in [0, 0.1) is 0 Å². The van der Waals surface area contributed by atoms with Crippen LogP contribution in [0.15, 0.2) is 9.98 Å². The maximum atomic E-state index is 10.1. The Balaban J connectivity index is -0.0000000377. The summed E-state index contributed by atoms with van der Waals surface area (Å²) in [6.07, 6.45) is 0. The van der Waals surface area contributed by atoms with E-state index in [1.54, 1.807) is 0 Å². The number of aliphatic hydroxyl groups is 2. The Morgan fingerprint density at radius 3 is 1.45 bits per heavy atom. The first-order valence-electron chi connectivity index (χ1n) is 3.44. The first kappa shape index (κ1) is 38.8. The molecule has 0 atom stereocenters. The van der Waals surface area contributed by atoms with Crippen LogP contribution in [0.2, 0.25) is 0 Å². The molecule has 0 aromatic heterocycles. The van der Waals surface area contributed by atoms with E-state index in [9.17, 15) is 9.59 Å². The van der Waals surface area contributed by atoms with Crippen LogP contribution in [0.4, 0.5) is 4.79 Å². The molecule has 0 aromatic carbocycles. The summed E-state index contributed by atoms with van der Waals surface area (Å²) in [5, 5.41) is 16.4. The van der Waals surface area contributed by atoms with E-state index in [0.29, 0.717) is 11.5 Å². The van der Waals surface area contributed by atoms with Crippen LogP contribution in [0.1, 0.15) is 14.9 Å². The zero-order chi connectivity index (χ0) is 10.6. The summed E-state index contributed by atoms with van der Waals surface area (Å²) in [7, 11) is 0. The van der Waals surface area contributed by atoms with Crippen LogP contribution in [0.5, 0.6) is 0 Å². The van der Waals surface area contributed by atoms with Crippen LogP contribution in [-0.2, 0) is 136 Å². The topological polar surface area (TPSA) is 99.3 Å². The second kappa shape index (κ2) is 22.4. The molecule has 0 saturated heterocycles. The standard InChI is InChI=1S/2C3H3NO2S.2CH4.4Y/c2*5-2-1-7-3(6)4-2;;;;;;/h2*1H2,(H,4,5,6);2*1H4;;;;. The smallest absolute Gasteiger partial charge is 0.308 e. The molecular formula is C8H14N2O4S2Y4. The van der Waals surface area contributed by atoms with Gasteiger partial charge in [0.15, 0.2) is 5.90 Å². The van der Waals surface area contributed by atoms with Crippen molar-refractivity contribution < 1.29 is 151 Å². The summed E-state index contributed by atoms with van der Waals surface area (Å²) < 4.78 is 0. The third kappa shape index (κ3) is 19.4. The van der Waals surface area contributed by atoms with Crippen LogP contribution in [-0.4, -0.2) is 44.0 Å². The average molecular weight is 622 g/mol. The number of hydrogen-bond acceptors (Lipinski definition) is 4. The van der Waals surface area contributed by atoms with E-state index in [1.807, 2.05) is 0 Å². The Morgan fingerprint density at radius 1 is 0.850 bits per heavy atom. The van der Waals surface area contributed by atoms with Gasteiger partial charge < -0.3 is 10.2 Å². The Morgan fingerprint density at radius 2 is 1.35 bits per heavy atom. The van der Waals surface area contributed by atoms with Crippen molar-refractivity contribution in [3.63, 3.8) is 0 Å². The van der Waals surface area contributed by atoms with Crippen LogP contribution in [0.3, 0.4) is 0 Å². The maximum Gasteiger partial charge on any atom is 0.308 e. The first-order valence-corrected chi connectivity index (χ1v) is 5.41. The second-order valence-corrected chi connectivity index (χ2v) is 4.03. The van der Waals surface area contributed by atoms with Crippen molar-refractivity contribution in [3.8, 4) is 0 Å². The van der Waals surface area contributed by atoms with Gasteiger partial charge in [0.05, 0.1) is 11.5 Å². The minimum atomic E-state index is -0.294. The van der Waals surface area contributed by atoms with Gasteiger partial charge in [0.1, 0.15) is 0 Å². The van der Waals surface area contributed by atoms with E-state index in [-0.39, 0.29) is 168 Å². The molecule has 20 heavy (non-hydrogen) atoms. The number of hydrogen-bond donors (Lipinski definition) is 2. The molecule has 6 nitrogen and oxygen atoms in total. The summed E-state index contributed by atoms with van der Waals surface area (Å²) in [5.74, 6) is 0.336. The minimum absolute atomic E-state index is 0. The molecule has 2 amide bonds. The van der Waals surface area contributed by atoms with Gasteiger partial charge >= 0.3 is 5.24 Å². The van der Waals surface area contributed by atoms with Crippen LogP contribution in [0.25, 0.3) is 0 Å². The fourth-order valence-corrected chi connectivity index (χ4v) is 1.56. The van der Waals surface area contributed by atoms with Crippen LogP contribution >= 0.6 is 23.5 Å². The number of carbonyl (C=O) groups is 2. The molecule has 2 aliphatic rings. The molecule has 0 bridgehead atoms. The summed E-state index contributed by atoms with van der Waals surface area (Å²) in [6, 6.07) is 0. The summed E-state index contributed by atoms with van der Waals surface area (Å²) in [5.41, 5.74) is 0. The number of thioether (sulfide) groups is 2. The SMILES string of the molecule is C.C.O=C1CSC(O)=N1.O=C1N=C(O)CS1.[Y].[Y].[Y].[Y]. The molecular weight excluding hydrogens is 608 g/mol. The van der Waals surface area contributed by atoms with Gasteiger partial charge in [-0.3, -0.25) is 9.59 Å². The van der Waals surface area contributed by atoms with Crippen molar-refractivity contribution in [1.82, 2.24) is 0 Å². The van der Waals surface area contributed by atoms with Gasteiger partial charge in [0.2, 0.25) is 0 Å². The third-order valence-electron chi connectivity index (χ3n) is 1.09. The Bertz CT molecular complexity index is 310. The predicted molar refractivity (Wildman–Crippen MR) is 68.9 cm³/mol. The molecule has 2 aliphatic heterocycles. The number of nitrogens with zero attached hydrogens (tertiary/aromatic N) is 2. The van der Waals surface area contributed by atoms with Gasteiger partial charge in [-0.2, -0.15) is 9.98 Å². The molecule has 104 valence electrons. The molecule has 0 spiro atoms. The summed E-state index contributed by atoms with van der Waals surface area (Å²) in [6.45, 7) is 0. The zero-order valence-electron chi connectivity index (χ0n) is 9.15. The second-order valence-electron chi connectivity index (χ2n) is 2.16. The van der Waals surface area contributed by atoms with Gasteiger partial charge in [-0.25, -0.2) is 0 Å². The molecule has 0 aliphatic carbocycles. The van der Waals surface area contributed by atoms with E-state index < -0.39 is 0 Å². The van der Waals surface area contributed by atoms with E-state index in [4.69, 9.17) is 10.2 Å². The molecule has 12 heteroatoms. The van der Waals surface area contributed by atoms with Gasteiger partial charge in [-0.1, -0.05) is 38.4 Å².